The Kier molecular flexibility index (Phi) is 109. The van der Waals surface area contributed by atoms with Crippen LogP contribution in [-0.4, -0.2) is 87.4 Å². The first-order valence-corrected chi connectivity index (χ1v) is 46.2. The van der Waals surface area contributed by atoms with Crippen LogP contribution < -0.4 is 17.2 Å². The molecule has 0 spiro atoms. The first-order valence-electron chi connectivity index (χ1n) is 46.2. The fraction of sp³-hybridized carbons (Fsp3) is 0.432. The van der Waals surface area contributed by atoms with Crippen molar-refractivity contribution < 1.29 is 98.1 Å². The molecule has 0 bridgehead atoms. The zero-order valence-corrected chi connectivity index (χ0v) is 96.0. The van der Waals surface area contributed by atoms with Gasteiger partial charge in [-0.25, -0.2) is 15.0 Å². The molecular weight excluding hydrogens is 1770 g/mol. The molecule has 12 nitrogen and oxygen atoms in total. The summed E-state index contributed by atoms with van der Waals surface area (Å²) >= 11 is 0. The second kappa shape index (κ2) is 94.7. The Morgan fingerprint density at radius 1 is 0.246 bits per heavy atom. The maximum Gasteiger partial charge on any atom is 0.134 e. The van der Waals surface area contributed by atoms with Crippen molar-refractivity contribution in [3.8, 4) is 0 Å². The van der Waals surface area contributed by atoms with Crippen molar-refractivity contribution in [3.05, 3.63) is 345 Å². The second-order valence-corrected chi connectivity index (χ2v) is 23.5. The van der Waals surface area contributed by atoms with Crippen LogP contribution in [0.15, 0.2) is 303 Å². The van der Waals surface area contributed by atoms with E-state index in [1.54, 1.807) is 0 Å². The van der Waals surface area contributed by atoms with Crippen LogP contribution in [0.5, 0.6) is 0 Å². The van der Waals surface area contributed by atoms with Crippen LogP contribution in [0.2, 0.25) is 0 Å². The summed E-state index contributed by atoms with van der Waals surface area (Å²) in [5, 5.41) is 21.4. The summed E-state index contributed by atoms with van der Waals surface area (Å²) in [5.74, 6) is 2.42. The van der Waals surface area contributed by atoms with E-state index in [-0.39, 0.29) is 155 Å². The number of nitrogens with two attached hydrogens (primary N) is 3. The van der Waals surface area contributed by atoms with Crippen molar-refractivity contribution >= 4 is 34.6 Å². The molecular formula is C111H183N12Y3-3. The molecule has 3 aliphatic heterocycles. The molecule has 0 unspecified atom stereocenters. The Hall–Kier alpha value is -6.41. The molecule has 126 heavy (non-hydrogen) atoms. The van der Waals surface area contributed by atoms with Crippen molar-refractivity contribution in [2.75, 3.05) is 19.6 Å². The standard InChI is InChI=1S/3C26H28N4.15C2H6.3CH3.3Y/c3*1-20-26(2,23-16-10-5-11-17-23)25(22-14-8-4-9-15-22)29-30(20)24(18-27)28-19-21-12-6-3-7-13-21;15*1-2;;;;;;/h3*3-17,20H,18-19,27H2,1-2H3;15*1-2H3;3*1H3;;;/q;;;;;;;;;;;;;;;;;;3*-1;;;/t2*20-,26+;20-,26-;;;;;;;;;;;;;;;;;;;;;/m100...................../s1. The van der Waals surface area contributed by atoms with E-state index in [2.05, 4.69) is 242 Å². The number of nitrogens with zero attached hydrogens (tertiary/aromatic N) is 9. The number of aliphatic imine (C=N–C) groups is 3. The van der Waals surface area contributed by atoms with Gasteiger partial charge in [-0.3, -0.25) is 15.0 Å². The van der Waals surface area contributed by atoms with Crippen molar-refractivity contribution in [1.82, 2.24) is 15.0 Å². The Morgan fingerprint density at radius 3 is 0.524 bits per heavy atom. The van der Waals surface area contributed by atoms with Crippen LogP contribution in [0.1, 0.15) is 299 Å². The smallest absolute Gasteiger partial charge is 0.134 e. The summed E-state index contributed by atoms with van der Waals surface area (Å²) in [6.07, 6.45) is 0. The molecule has 6 N–H and O–H groups in total. The monoisotopic (exact) mass is 1950 g/mol. The minimum absolute atomic E-state index is 0. The number of hydrogen-bond donors (Lipinski definition) is 3. The third-order valence-electron chi connectivity index (χ3n) is 18.2. The molecule has 699 valence electrons. The fourth-order valence-corrected chi connectivity index (χ4v) is 12.4. The molecule has 3 aliphatic rings. The van der Waals surface area contributed by atoms with Crippen LogP contribution in [0, 0.1) is 22.3 Å². The Morgan fingerprint density at radius 2 is 0.381 bits per heavy atom. The average molecular weight is 1950 g/mol. The Balaban J connectivity index is -0.000000131. The van der Waals surface area contributed by atoms with Crippen molar-refractivity contribution in [3.63, 3.8) is 0 Å². The predicted octanol–water partition coefficient (Wildman–Crippen LogP) is 30.6. The Bertz CT molecular complexity index is 3520. The molecule has 9 aromatic rings. The molecule has 3 radical (unpaired) electrons. The van der Waals surface area contributed by atoms with Gasteiger partial charge in [-0.2, -0.15) is 15.3 Å². The largest absolute Gasteiger partial charge is 0.358 e. The first-order chi connectivity index (χ1) is 58.9. The molecule has 0 amide bonds. The summed E-state index contributed by atoms with van der Waals surface area (Å²) < 4.78 is 0. The van der Waals surface area contributed by atoms with Crippen molar-refractivity contribution in [2.45, 2.75) is 303 Å². The topological polar surface area (TPSA) is 162 Å². The summed E-state index contributed by atoms with van der Waals surface area (Å²) in [5.41, 5.74) is 31.3. The number of rotatable bonds is 15. The van der Waals surface area contributed by atoms with E-state index in [1.807, 2.05) is 296 Å². The zero-order valence-electron chi connectivity index (χ0n) is 87.4. The first kappa shape index (κ1) is 145. The molecule has 6 atom stereocenters. The maximum atomic E-state index is 6.15. The van der Waals surface area contributed by atoms with Gasteiger partial charge < -0.3 is 39.5 Å². The summed E-state index contributed by atoms with van der Waals surface area (Å²) in [6, 6.07) is 93.9. The van der Waals surface area contributed by atoms with Crippen LogP contribution in [-0.2, 0) is 134 Å². The van der Waals surface area contributed by atoms with Gasteiger partial charge >= 0.3 is 0 Å². The number of benzene rings is 9. The van der Waals surface area contributed by atoms with Gasteiger partial charge in [0.2, 0.25) is 0 Å². The van der Waals surface area contributed by atoms with Gasteiger partial charge in [0.1, 0.15) is 17.5 Å². The third kappa shape index (κ3) is 44.9. The van der Waals surface area contributed by atoms with Crippen LogP contribution in [0.4, 0.5) is 0 Å². The molecule has 3 heterocycles. The summed E-state index contributed by atoms with van der Waals surface area (Å²) in [7, 11) is 0. The Labute approximate surface area is 855 Å². The molecule has 12 rings (SSSR count). The second-order valence-electron chi connectivity index (χ2n) is 23.5. The van der Waals surface area contributed by atoms with E-state index in [4.69, 9.17) is 47.5 Å². The zero-order chi connectivity index (χ0) is 92.9. The van der Waals surface area contributed by atoms with Gasteiger partial charge in [-0.05, 0) is 91.6 Å². The fourth-order valence-electron chi connectivity index (χ4n) is 12.4. The molecule has 0 saturated carbocycles. The van der Waals surface area contributed by atoms with Gasteiger partial charge in [-0.1, -0.05) is 481 Å². The van der Waals surface area contributed by atoms with Gasteiger partial charge in [0.25, 0.3) is 0 Å². The number of hydrazone groups is 3. The molecule has 0 saturated heterocycles. The van der Waals surface area contributed by atoms with Crippen molar-refractivity contribution in [2.24, 2.45) is 47.5 Å². The van der Waals surface area contributed by atoms with Crippen LogP contribution in [0.25, 0.3) is 0 Å². The van der Waals surface area contributed by atoms with E-state index in [1.165, 1.54) is 16.7 Å². The summed E-state index contributed by atoms with van der Waals surface area (Å²) in [4.78, 5) is 14.5. The maximum absolute atomic E-state index is 6.15. The molecule has 15 heteroatoms. The van der Waals surface area contributed by atoms with Gasteiger partial charge in [0, 0.05) is 98.1 Å². The minimum Gasteiger partial charge on any atom is -0.358 e. The van der Waals surface area contributed by atoms with E-state index < -0.39 is 0 Å². The minimum atomic E-state index is -0.286. The third-order valence-corrected chi connectivity index (χ3v) is 18.2. The van der Waals surface area contributed by atoms with E-state index in [9.17, 15) is 0 Å². The summed E-state index contributed by atoms with van der Waals surface area (Å²) in [6.45, 7) is 76.2. The molecule has 0 aromatic heterocycles. The van der Waals surface area contributed by atoms with E-state index in [0.717, 1.165) is 68.0 Å². The van der Waals surface area contributed by atoms with E-state index in [0.29, 0.717) is 39.3 Å². The number of hydrogen-bond acceptors (Lipinski definition) is 9. The normalized spacial score (nSPS) is 16.1. The molecule has 0 fully saturated rings. The quantitative estimate of drug-likeness (QED) is 0.0526. The van der Waals surface area contributed by atoms with E-state index >= 15 is 0 Å². The van der Waals surface area contributed by atoms with Crippen molar-refractivity contribution in [1.29, 1.82) is 0 Å². The van der Waals surface area contributed by atoms with Gasteiger partial charge in [0.05, 0.1) is 90.8 Å². The SMILES string of the molecule is CC.CC.CC.CC.CC.CC.CC.CC.CC.CC.CC.CC.CC.CC.CC.C[C@@H]1N(C(CN)=NCc2ccccc2)N=C(c2ccccc2)[C@@]1(C)c1ccccc1.C[C@@H]1N(C(CN)=NCc2ccccc2)N=C(c2ccccc2)[C@]1(C)c1ccccc1.C[C@H]1N(C(CN)=NCc2ccccc2)N=C(c2ccccc2)[C@]1(C)c1ccccc1.[CH3-].[CH3-].[CH3-].[Y].[Y].[Y]. The van der Waals surface area contributed by atoms with Gasteiger partial charge in [0.15, 0.2) is 0 Å². The number of amidine groups is 3. The molecule has 0 aliphatic carbocycles. The van der Waals surface area contributed by atoms with Crippen LogP contribution in [0.3, 0.4) is 0 Å². The van der Waals surface area contributed by atoms with Gasteiger partial charge in [-0.15, -0.1) is 0 Å². The van der Waals surface area contributed by atoms with Crippen LogP contribution >= 0.6 is 0 Å². The molecule has 9 aromatic carbocycles. The average Bonchev–Trinajstić information content (AvgIpc) is 1.60. The predicted molar refractivity (Wildman–Crippen MR) is 564 cm³/mol.